The normalized spacial score (nSPS) is 11.9. The van der Waals surface area contributed by atoms with Crippen LogP contribution in [0.25, 0.3) is 0 Å². The molecule has 5 nitrogen and oxygen atoms in total. The van der Waals surface area contributed by atoms with E-state index in [2.05, 4.69) is 10.5 Å². The van der Waals surface area contributed by atoms with Crippen molar-refractivity contribution < 1.29 is 13.2 Å². The van der Waals surface area contributed by atoms with Crippen LogP contribution in [0.5, 0.6) is 0 Å². The molecule has 1 aromatic rings. The second-order valence-corrected chi connectivity index (χ2v) is 4.16. The molecule has 10 heteroatoms. The molecule has 0 saturated heterocycles. The van der Waals surface area contributed by atoms with Crippen LogP contribution in [0, 0.1) is 16.7 Å². The Kier molecular flexibility index (Phi) is 4.81. The summed E-state index contributed by atoms with van der Waals surface area (Å²) in [6.07, 6.45) is -4.67. The molecule has 0 unspecified atom stereocenters. The number of hydrogen-bond acceptors (Lipinski definition) is 4. The van der Waals surface area contributed by atoms with Gasteiger partial charge in [0, 0.05) is 0 Å². The third kappa shape index (κ3) is 3.53. The third-order valence-electron chi connectivity index (χ3n) is 2.04. The molecule has 1 rings (SSSR count). The molecule has 0 radical (unpaired) electrons. The largest absolute Gasteiger partial charge is 0.417 e. The molecule has 20 heavy (non-hydrogen) atoms. The van der Waals surface area contributed by atoms with Crippen molar-refractivity contribution in [3.63, 3.8) is 0 Å². The lowest BCUT2D eigenvalue weighted by molar-refractivity contribution is -0.137. The lowest BCUT2D eigenvalue weighted by atomic mass is 10.2. The molecule has 0 fully saturated rings. The van der Waals surface area contributed by atoms with E-state index in [1.54, 1.807) is 0 Å². The predicted molar refractivity (Wildman–Crippen MR) is 70.0 cm³/mol. The van der Waals surface area contributed by atoms with Gasteiger partial charge in [0.15, 0.2) is 5.84 Å². The minimum atomic E-state index is -4.67. The van der Waals surface area contributed by atoms with Crippen molar-refractivity contribution in [2.45, 2.75) is 6.18 Å². The molecular formula is C10H6Cl2F3N5. The van der Waals surface area contributed by atoms with E-state index in [9.17, 15) is 13.2 Å². The average Bonchev–Trinajstić information content (AvgIpc) is 2.31. The Morgan fingerprint density at radius 2 is 2.00 bits per heavy atom. The summed E-state index contributed by atoms with van der Waals surface area (Å²) in [6, 6.07) is 3.18. The average molecular weight is 324 g/mol. The molecule has 0 aromatic heterocycles. The number of amidine groups is 1. The highest BCUT2D eigenvalue weighted by atomic mass is 35.5. The number of rotatable bonds is 3. The van der Waals surface area contributed by atoms with Gasteiger partial charge in [0.25, 0.3) is 0 Å². The van der Waals surface area contributed by atoms with Crippen LogP contribution in [-0.2, 0) is 6.18 Å². The number of hydrazone groups is 1. The van der Waals surface area contributed by atoms with Gasteiger partial charge in [-0.2, -0.15) is 23.5 Å². The molecule has 0 spiro atoms. The fraction of sp³-hybridized carbons (Fsp3) is 0.100. The Morgan fingerprint density at radius 3 is 2.45 bits per heavy atom. The van der Waals surface area contributed by atoms with E-state index >= 15 is 0 Å². The third-order valence-corrected chi connectivity index (χ3v) is 2.74. The summed E-state index contributed by atoms with van der Waals surface area (Å²) >= 11 is 11.3. The van der Waals surface area contributed by atoms with Crippen molar-refractivity contribution in [1.29, 1.82) is 10.7 Å². The summed E-state index contributed by atoms with van der Waals surface area (Å²) in [4.78, 5) is 0. The number of nitrogens with two attached hydrogens (primary N) is 1. The van der Waals surface area contributed by atoms with E-state index in [0.717, 1.165) is 12.1 Å². The highest BCUT2D eigenvalue weighted by Crippen LogP contribution is 2.41. The van der Waals surface area contributed by atoms with Crippen LogP contribution in [0.4, 0.5) is 18.9 Å². The molecule has 0 aliphatic heterocycles. The first-order valence-corrected chi connectivity index (χ1v) is 5.57. The number of nitrogens with one attached hydrogen (secondary N) is 2. The zero-order valence-corrected chi connectivity index (χ0v) is 11.0. The molecule has 0 bridgehead atoms. The number of anilines is 1. The van der Waals surface area contributed by atoms with Gasteiger partial charge >= 0.3 is 6.18 Å². The van der Waals surface area contributed by atoms with Gasteiger partial charge in [-0.3, -0.25) is 10.8 Å². The first-order valence-electron chi connectivity index (χ1n) is 4.82. The van der Waals surface area contributed by atoms with Crippen molar-refractivity contribution in [3.05, 3.63) is 27.7 Å². The predicted octanol–water partition coefficient (Wildman–Crippen LogP) is 3.24. The Morgan fingerprint density at radius 1 is 1.40 bits per heavy atom. The summed E-state index contributed by atoms with van der Waals surface area (Å²) in [5.41, 5.74) is 5.17. The molecule has 0 atom stereocenters. The van der Waals surface area contributed by atoms with Crippen molar-refractivity contribution in [3.8, 4) is 6.07 Å². The quantitative estimate of drug-likeness (QED) is 0.452. The Labute approximate surface area is 121 Å². The van der Waals surface area contributed by atoms with Gasteiger partial charge in [-0.25, -0.2) is 0 Å². The lowest BCUT2D eigenvalue weighted by Gasteiger charge is -2.13. The van der Waals surface area contributed by atoms with Gasteiger partial charge in [0.05, 0.1) is 21.3 Å². The van der Waals surface area contributed by atoms with E-state index in [0.29, 0.717) is 0 Å². The molecule has 0 saturated carbocycles. The number of nitriles is 1. The molecule has 0 aliphatic rings. The smallest absolute Gasteiger partial charge is 0.382 e. The van der Waals surface area contributed by atoms with Crippen LogP contribution < -0.4 is 11.2 Å². The van der Waals surface area contributed by atoms with Gasteiger partial charge in [-0.15, -0.1) is 0 Å². The molecule has 0 heterocycles. The molecule has 0 aliphatic carbocycles. The molecule has 4 N–H and O–H groups in total. The summed E-state index contributed by atoms with van der Waals surface area (Å²) in [5.74, 6) is -0.653. The second kappa shape index (κ2) is 5.98. The van der Waals surface area contributed by atoms with Crippen LogP contribution in [0.1, 0.15) is 5.56 Å². The van der Waals surface area contributed by atoms with Crippen LogP contribution >= 0.6 is 23.2 Å². The van der Waals surface area contributed by atoms with Crippen molar-refractivity contribution >= 4 is 40.4 Å². The zero-order valence-electron chi connectivity index (χ0n) is 9.52. The van der Waals surface area contributed by atoms with E-state index < -0.39 is 28.3 Å². The van der Waals surface area contributed by atoms with E-state index in [-0.39, 0.29) is 10.7 Å². The maximum atomic E-state index is 12.7. The summed E-state index contributed by atoms with van der Waals surface area (Å²) in [5, 5.41) is 18.2. The highest BCUT2D eigenvalue weighted by Gasteiger charge is 2.34. The van der Waals surface area contributed by atoms with Gasteiger partial charge in [0.1, 0.15) is 6.07 Å². The van der Waals surface area contributed by atoms with Crippen LogP contribution in [0.15, 0.2) is 17.2 Å². The first kappa shape index (κ1) is 16.1. The number of benzene rings is 1. The Bertz CT molecular complexity index is 619. The van der Waals surface area contributed by atoms with Crippen molar-refractivity contribution in [1.82, 2.24) is 0 Å². The molecule has 1 aromatic carbocycles. The minimum Gasteiger partial charge on any atom is -0.382 e. The molecule has 0 amide bonds. The summed E-state index contributed by atoms with van der Waals surface area (Å²) in [7, 11) is 0. The van der Waals surface area contributed by atoms with Gasteiger partial charge in [-0.05, 0) is 12.1 Å². The topological polar surface area (TPSA) is 98.0 Å². The first-order chi connectivity index (χ1) is 9.18. The standard InChI is InChI=1S/C10H6Cl2F3N5/c11-5-2-1-4(10(13,14)15)7(12)8(5)20-19-6(3-16)9(17)18/h1-2,20H,(H3,17,18)/b19-6+. The van der Waals surface area contributed by atoms with Gasteiger partial charge in [-0.1, -0.05) is 23.2 Å². The van der Waals surface area contributed by atoms with Crippen LogP contribution in [0.2, 0.25) is 10.0 Å². The Hall–Kier alpha value is -1.98. The monoisotopic (exact) mass is 323 g/mol. The van der Waals surface area contributed by atoms with Crippen molar-refractivity contribution in [2.24, 2.45) is 10.8 Å². The number of alkyl halides is 3. The maximum Gasteiger partial charge on any atom is 0.417 e. The second-order valence-electron chi connectivity index (χ2n) is 3.38. The number of halogens is 5. The van der Waals surface area contributed by atoms with E-state index in [4.69, 9.17) is 39.6 Å². The van der Waals surface area contributed by atoms with Gasteiger partial charge < -0.3 is 5.73 Å². The lowest BCUT2D eigenvalue weighted by Crippen LogP contribution is -2.22. The van der Waals surface area contributed by atoms with Crippen molar-refractivity contribution in [2.75, 3.05) is 5.43 Å². The highest BCUT2D eigenvalue weighted by molar-refractivity contribution is 6.46. The molecule has 106 valence electrons. The number of hydrogen-bond donors (Lipinski definition) is 3. The maximum absolute atomic E-state index is 12.7. The number of nitrogens with zero attached hydrogens (tertiary/aromatic N) is 2. The fourth-order valence-electron chi connectivity index (χ4n) is 1.13. The fourth-order valence-corrected chi connectivity index (χ4v) is 1.69. The van der Waals surface area contributed by atoms with Crippen LogP contribution in [0.3, 0.4) is 0 Å². The van der Waals surface area contributed by atoms with Gasteiger partial charge in [0.2, 0.25) is 5.71 Å². The zero-order chi connectivity index (χ0) is 15.5. The molecular weight excluding hydrogens is 318 g/mol. The summed E-state index contributed by atoms with van der Waals surface area (Å²) in [6.45, 7) is 0. The minimum absolute atomic E-state index is 0.132. The van der Waals surface area contributed by atoms with Crippen LogP contribution in [-0.4, -0.2) is 11.5 Å². The summed E-state index contributed by atoms with van der Waals surface area (Å²) < 4.78 is 38.0. The van der Waals surface area contributed by atoms with E-state index in [1.165, 1.54) is 6.07 Å². The SMILES string of the molecule is N#C/C(=N\Nc1c(Cl)ccc(C(F)(F)F)c1Cl)C(=N)N. The Balaban J connectivity index is 3.27. The van der Waals surface area contributed by atoms with E-state index in [1.807, 2.05) is 0 Å².